The van der Waals surface area contributed by atoms with Crippen LogP contribution in [0, 0.1) is 5.82 Å². The van der Waals surface area contributed by atoms with Gasteiger partial charge in [0.05, 0.1) is 12.7 Å². The Morgan fingerprint density at radius 2 is 2.37 bits per heavy atom. The first-order valence-corrected chi connectivity index (χ1v) is 7.00. The van der Waals surface area contributed by atoms with E-state index in [0.717, 1.165) is 38.2 Å². The molecule has 1 fully saturated rings. The molecule has 0 amide bonds. The van der Waals surface area contributed by atoms with Crippen molar-refractivity contribution >= 4 is 0 Å². The lowest BCUT2D eigenvalue weighted by Crippen LogP contribution is -2.47. The minimum absolute atomic E-state index is 0.156. The molecule has 0 aliphatic carbocycles. The summed E-state index contributed by atoms with van der Waals surface area (Å²) >= 11 is 0. The number of ether oxygens (including phenoxy) is 1. The molecule has 19 heavy (non-hydrogen) atoms. The van der Waals surface area contributed by atoms with Crippen molar-refractivity contribution in [1.29, 1.82) is 0 Å². The van der Waals surface area contributed by atoms with Gasteiger partial charge >= 0.3 is 0 Å². The summed E-state index contributed by atoms with van der Waals surface area (Å²) in [7, 11) is 1.94. The van der Waals surface area contributed by atoms with E-state index >= 15 is 0 Å². The van der Waals surface area contributed by atoms with Gasteiger partial charge in [-0.25, -0.2) is 4.39 Å². The topological polar surface area (TPSA) is 24.5 Å². The number of nitrogens with one attached hydrogen (secondary N) is 1. The van der Waals surface area contributed by atoms with E-state index in [4.69, 9.17) is 4.74 Å². The molecule has 1 aromatic carbocycles. The highest BCUT2D eigenvalue weighted by Gasteiger charge is 2.26. The van der Waals surface area contributed by atoms with E-state index in [9.17, 15) is 4.39 Å². The Labute approximate surface area is 114 Å². The van der Waals surface area contributed by atoms with E-state index in [2.05, 4.69) is 17.1 Å². The van der Waals surface area contributed by atoms with Gasteiger partial charge in [-0.15, -0.1) is 0 Å². The van der Waals surface area contributed by atoms with Crippen LogP contribution in [0.5, 0.6) is 0 Å². The van der Waals surface area contributed by atoms with Crippen LogP contribution in [0.2, 0.25) is 0 Å². The molecule has 0 aromatic heterocycles. The molecule has 0 radical (unpaired) electrons. The van der Waals surface area contributed by atoms with Crippen molar-refractivity contribution in [2.75, 3.05) is 33.3 Å². The second kappa shape index (κ2) is 6.98. The summed E-state index contributed by atoms with van der Waals surface area (Å²) in [5, 5.41) is 3.15. The third-order valence-corrected chi connectivity index (χ3v) is 3.66. The van der Waals surface area contributed by atoms with Crippen LogP contribution in [0.25, 0.3) is 0 Å². The summed E-state index contributed by atoms with van der Waals surface area (Å²) in [5.74, 6) is -0.156. The Morgan fingerprint density at radius 3 is 3.05 bits per heavy atom. The lowest BCUT2D eigenvalue weighted by atomic mass is 10.0. The van der Waals surface area contributed by atoms with Crippen molar-refractivity contribution in [2.24, 2.45) is 0 Å². The number of nitrogens with zero attached hydrogens (tertiary/aromatic N) is 1. The van der Waals surface area contributed by atoms with Crippen molar-refractivity contribution in [3.05, 3.63) is 35.6 Å². The summed E-state index contributed by atoms with van der Waals surface area (Å²) in [6, 6.07) is 7.23. The highest BCUT2D eigenvalue weighted by Crippen LogP contribution is 2.26. The number of hydrogen-bond acceptors (Lipinski definition) is 3. The van der Waals surface area contributed by atoms with Crippen molar-refractivity contribution < 1.29 is 9.13 Å². The largest absolute Gasteiger partial charge is 0.374 e. The molecule has 3 nitrogen and oxygen atoms in total. The molecule has 0 spiro atoms. The quantitative estimate of drug-likeness (QED) is 0.884. The fraction of sp³-hybridized carbons (Fsp3) is 0.600. The summed E-state index contributed by atoms with van der Waals surface area (Å²) in [4.78, 5) is 2.40. The van der Waals surface area contributed by atoms with Gasteiger partial charge in [0, 0.05) is 25.7 Å². The first-order valence-electron chi connectivity index (χ1n) is 7.00. The van der Waals surface area contributed by atoms with Crippen molar-refractivity contribution in [3.8, 4) is 0 Å². The second-order valence-electron chi connectivity index (χ2n) is 5.02. The van der Waals surface area contributed by atoms with Crippen LogP contribution in [0.15, 0.2) is 24.3 Å². The fourth-order valence-corrected chi connectivity index (χ4v) is 2.79. The van der Waals surface area contributed by atoms with Crippen LogP contribution in [0.1, 0.15) is 24.9 Å². The third kappa shape index (κ3) is 3.75. The molecule has 0 bridgehead atoms. The van der Waals surface area contributed by atoms with Gasteiger partial charge in [-0.05, 0) is 31.2 Å². The summed E-state index contributed by atoms with van der Waals surface area (Å²) in [5.41, 5.74) is 1.06. The Morgan fingerprint density at radius 1 is 1.53 bits per heavy atom. The highest BCUT2D eigenvalue weighted by molar-refractivity contribution is 5.20. The summed E-state index contributed by atoms with van der Waals surface area (Å²) < 4.78 is 19.1. The maximum atomic E-state index is 13.4. The van der Waals surface area contributed by atoms with Gasteiger partial charge in [-0.1, -0.05) is 19.1 Å². The third-order valence-electron chi connectivity index (χ3n) is 3.66. The zero-order chi connectivity index (χ0) is 13.7. The van der Waals surface area contributed by atoms with E-state index in [1.165, 1.54) is 6.07 Å². The van der Waals surface area contributed by atoms with E-state index in [-0.39, 0.29) is 18.0 Å². The van der Waals surface area contributed by atoms with Crippen LogP contribution >= 0.6 is 0 Å². The number of likely N-dealkylation sites (N-methyl/N-ethyl adjacent to an activating group) is 1. The van der Waals surface area contributed by atoms with Gasteiger partial charge in [0.25, 0.3) is 0 Å². The number of morpholine rings is 1. The monoisotopic (exact) mass is 266 g/mol. The molecule has 1 aliphatic rings. The molecule has 1 heterocycles. The molecule has 2 atom stereocenters. The molecule has 106 valence electrons. The van der Waals surface area contributed by atoms with Crippen molar-refractivity contribution in [1.82, 2.24) is 10.2 Å². The number of rotatable bonds is 5. The average Bonchev–Trinajstić information content (AvgIpc) is 2.41. The van der Waals surface area contributed by atoms with Crippen LogP contribution in [0.4, 0.5) is 4.39 Å². The maximum absolute atomic E-state index is 13.4. The summed E-state index contributed by atoms with van der Waals surface area (Å²) in [6.45, 7) is 5.57. The van der Waals surface area contributed by atoms with Crippen LogP contribution < -0.4 is 5.32 Å². The fourth-order valence-electron chi connectivity index (χ4n) is 2.79. The Balaban J connectivity index is 2.08. The zero-order valence-corrected chi connectivity index (χ0v) is 11.7. The highest BCUT2D eigenvalue weighted by atomic mass is 19.1. The second-order valence-corrected chi connectivity index (χ2v) is 5.02. The maximum Gasteiger partial charge on any atom is 0.123 e. The summed E-state index contributed by atoms with van der Waals surface area (Å²) in [6.07, 6.45) is 1.21. The van der Waals surface area contributed by atoms with Crippen LogP contribution in [-0.2, 0) is 4.74 Å². The molecule has 2 unspecified atom stereocenters. The molecule has 4 heteroatoms. The molecule has 1 saturated heterocycles. The first kappa shape index (κ1) is 14.4. The van der Waals surface area contributed by atoms with Gasteiger partial charge in [0.15, 0.2) is 0 Å². The lowest BCUT2D eigenvalue weighted by Gasteiger charge is -2.38. The van der Waals surface area contributed by atoms with E-state index in [1.54, 1.807) is 12.1 Å². The smallest absolute Gasteiger partial charge is 0.123 e. The number of hydrogen-bond donors (Lipinski definition) is 1. The predicted molar refractivity (Wildman–Crippen MR) is 74.7 cm³/mol. The van der Waals surface area contributed by atoms with Crippen LogP contribution in [-0.4, -0.2) is 44.3 Å². The lowest BCUT2D eigenvalue weighted by molar-refractivity contribution is -0.0424. The SMILES string of the molecule is CCC(c1cccc(F)c1)N1CCOC(CNC)C1. The number of benzene rings is 1. The predicted octanol–water partition coefficient (Wildman–Crippen LogP) is 2.20. The minimum Gasteiger partial charge on any atom is -0.374 e. The normalized spacial score (nSPS) is 22.4. The van der Waals surface area contributed by atoms with Crippen molar-refractivity contribution in [2.45, 2.75) is 25.5 Å². The van der Waals surface area contributed by atoms with Gasteiger partial charge in [-0.2, -0.15) is 0 Å². The molecular weight excluding hydrogens is 243 g/mol. The zero-order valence-electron chi connectivity index (χ0n) is 11.7. The molecule has 1 N–H and O–H groups in total. The van der Waals surface area contributed by atoms with Gasteiger partial charge < -0.3 is 10.1 Å². The molecule has 0 saturated carbocycles. The van der Waals surface area contributed by atoms with E-state index in [1.807, 2.05) is 13.1 Å². The Kier molecular flexibility index (Phi) is 5.31. The first-order chi connectivity index (χ1) is 9.24. The average molecular weight is 266 g/mol. The standard InChI is InChI=1S/C15H23FN2O/c1-3-15(12-5-4-6-13(16)9-12)18-7-8-19-14(11-18)10-17-2/h4-6,9,14-15,17H,3,7-8,10-11H2,1-2H3. The van der Waals surface area contributed by atoms with E-state index < -0.39 is 0 Å². The van der Waals surface area contributed by atoms with Gasteiger partial charge in [-0.3, -0.25) is 4.90 Å². The minimum atomic E-state index is -0.156. The molecule has 1 aliphatic heterocycles. The Bertz CT molecular complexity index is 397. The Hall–Kier alpha value is -0.970. The van der Waals surface area contributed by atoms with Gasteiger partial charge in [0.2, 0.25) is 0 Å². The van der Waals surface area contributed by atoms with Crippen LogP contribution in [0.3, 0.4) is 0 Å². The molecule has 2 rings (SSSR count). The van der Waals surface area contributed by atoms with Crippen molar-refractivity contribution in [3.63, 3.8) is 0 Å². The molecular formula is C15H23FN2O. The molecule has 1 aromatic rings. The van der Waals surface area contributed by atoms with Gasteiger partial charge in [0.1, 0.15) is 5.82 Å². The number of halogens is 1. The van der Waals surface area contributed by atoms with E-state index in [0.29, 0.717) is 0 Å².